The molecule has 1 aromatic heterocycles. The first-order valence-corrected chi connectivity index (χ1v) is 8.76. The van der Waals surface area contributed by atoms with E-state index in [1.54, 1.807) is 31.4 Å². The molecule has 0 atom stereocenters. The lowest BCUT2D eigenvalue weighted by Gasteiger charge is -2.03. The third-order valence-corrected chi connectivity index (χ3v) is 5.17. The second kappa shape index (κ2) is 6.68. The molecule has 6 heteroatoms. The Labute approximate surface area is 146 Å². The summed E-state index contributed by atoms with van der Waals surface area (Å²) in [7, 11) is 1.58. The molecule has 0 bridgehead atoms. The molecule has 0 radical (unpaired) electrons. The van der Waals surface area contributed by atoms with Crippen molar-refractivity contribution >= 4 is 43.4 Å². The van der Waals surface area contributed by atoms with E-state index >= 15 is 0 Å². The zero-order valence-electron chi connectivity index (χ0n) is 12.7. The predicted octanol–water partition coefficient (Wildman–Crippen LogP) is 4.23. The molecule has 2 aromatic carbocycles. The Morgan fingerprint density at radius 3 is 2.83 bits per heavy atom. The number of rotatable bonds is 3. The standard InChI is InChI=1S/C17H15BrN2O2S/c1-3-20-15-13(18)8-5-9-14(15)23-17(20)19-16(21)11-6-4-7-12(10-11)22-2/h4-10H,3H2,1-2H3. The van der Waals surface area contributed by atoms with E-state index in [9.17, 15) is 4.79 Å². The number of methoxy groups -OCH3 is 1. The Bertz CT molecular complexity index is 943. The van der Waals surface area contributed by atoms with E-state index in [0.29, 0.717) is 16.1 Å². The molecule has 0 fully saturated rings. The highest BCUT2D eigenvalue weighted by Gasteiger charge is 2.10. The number of thiazole rings is 1. The number of halogens is 1. The van der Waals surface area contributed by atoms with Crippen LogP contribution in [0, 0.1) is 0 Å². The number of carbonyl (C=O) groups is 1. The summed E-state index contributed by atoms with van der Waals surface area (Å²) < 4.78 is 9.30. The number of ether oxygens (including phenoxy) is 1. The van der Waals surface area contributed by atoms with Gasteiger partial charge >= 0.3 is 0 Å². The van der Waals surface area contributed by atoms with Gasteiger partial charge < -0.3 is 9.30 Å². The van der Waals surface area contributed by atoms with Crippen LogP contribution in [0.15, 0.2) is 51.9 Å². The largest absolute Gasteiger partial charge is 0.497 e. The fourth-order valence-electron chi connectivity index (χ4n) is 2.37. The molecular weight excluding hydrogens is 376 g/mol. The summed E-state index contributed by atoms with van der Waals surface area (Å²) in [5.41, 5.74) is 1.58. The summed E-state index contributed by atoms with van der Waals surface area (Å²) in [6, 6.07) is 13.0. The van der Waals surface area contributed by atoms with Crippen molar-refractivity contribution in [1.29, 1.82) is 0 Å². The molecule has 0 aliphatic rings. The minimum atomic E-state index is -0.270. The molecule has 0 N–H and O–H groups in total. The van der Waals surface area contributed by atoms with Crippen molar-refractivity contribution in [2.75, 3.05) is 7.11 Å². The van der Waals surface area contributed by atoms with Crippen LogP contribution in [0.5, 0.6) is 5.75 Å². The second-order valence-electron chi connectivity index (χ2n) is 4.86. The highest BCUT2D eigenvalue weighted by Crippen LogP contribution is 2.25. The number of aryl methyl sites for hydroxylation is 1. The van der Waals surface area contributed by atoms with Gasteiger partial charge in [-0.1, -0.05) is 23.5 Å². The highest BCUT2D eigenvalue weighted by atomic mass is 79.9. The van der Waals surface area contributed by atoms with Crippen LogP contribution >= 0.6 is 27.3 Å². The topological polar surface area (TPSA) is 43.6 Å². The van der Waals surface area contributed by atoms with E-state index in [2.05, 4.69) is 20.9 Å². The van der Waals surface area contributed by atoms with Crippen molar-refractivity contribution < 1.29 is 9.53 Å². The van der Waals surface area contributed by atoms with Gasteiger partial charge in [-0.2, -0.15) is 4.99 Å². The molecule has 0 unspecified atom stereocenters. The average molecular weight is 391 g/mol. The van der Waals surface area contributed by atoms with E-state index in [4.69, 9.17) is 4.74 Å². The number of amides is 1. The SMILES string of the molecule is CCn1c(=NC(=O)c2cccc(OC)c2)sc2cccc(Br)c21. The Balaban J connectivity index is 2.13. The van der Waals surface area contributed by atoms with Crippen molar-refractivity contribution in [3.05, 3.63) is 57.3 Å². The van der Waals surface area contributed by atoms with Gasteiger partial charge in [0.2, 0.25) is 0 Å². The van der Waals surface area contributed by atoms with E-state index in [0.717, 1.165) is 21.2 Å². The minimum absolute atomic E-state index is 0.270. The lowest BCUT2D eigenvalue weighted by atomic mass is 10.2. The lowest BCUT2D eigenvalue weighted by Crippen LogP contribution is -2.16. The van der Waals surface area contributed by atoms with Gasteiger partial charge in [0.25, 0.3) is 5.91 Å². The first-order valence-electron chi connectivity index (χ1n) is 7.15. The highest BCUT2D eigenvalue weighted by molar-refractivity contribution is 9.10. The van der Waals surface area contributed by atoms with Gasteiger partial charge in [0.1, 0.15) is 5.75 Å². The van der Waals surface area contributed by atoms with E-state index in [-0.39, 0.29) is 5.91 Å². The molecule has 3 aromatic rings. The van der Waals surface area contributed by atoms with E-state index in [1.807, 2.05) is 29.7 Å². The van der Waals surface area contributed by atoms with Crippen LogP contribution < -0.4 is 9.54 Å². The molecule has 0 saturated carbocycles. The summed E-state index contributed by atoms with van der Waals surface area (Å²) in [6.07, 6.45) is 0. The number of fused-ring (bicyclic) bond motifs is 1. The molecule has 3 rings (SSSR count). The number of para-hydroxylation sites is 1. The maximum Gasteiger partial charge on any atom is 0.279 e. The fourth-order valence-corrected chi connectivity index (χ4v) is 4.20. The predicted molar refractivity (Wildman–Crippen MR) is 96.1 cm³/mol. The average Bonchev–Trinajstić information content (AvgIpc) is 2.93. The van der Waals surface area contributed by atoms with Gasteiger partial charge in [-0.15, -0.1) is 0 Å². The number of hydrogen-bond acceptors (Lipinski definition) is 3. The maximum absolute atomic E-state index is 12.5. The Hall–Kier alpha value is -1.92. The first kappa shape index (κ1) is 16.0. The summed E-state index contributed by atoms with van der Waals surface area (Å²) >= 11 is 5.08. The van der Waals surface area contributed by atoms with Crippen LogP contribution in [0.4, 0.5) is 0 Å². The van der Waals surface area contributed by atoms with Crippen molar-refractivity contribution in [1.82, 2.24) is 4.57 Å². The van der Waals surface area contributed by atoms with Crippen LogP contribution in [0.25, 0.3) is 10.2 Å². The Kier molecular flexibility index (Phi) is 4.63. The smallest absolute Gasteiger partial charge is 0.279 e. The summed E-state index contributed by atoms with van der Waals surface area (Å²) in [4.78, 5) is 17.5. The van der Waals surface area contributed by atoms with Gasteiger partial charge in [0, 0.05) is 16.6 Å². The minimum Gasteiger partial charge on any atom is -0.497 e. The van der Waals surface area contributed by atoms with Gasteiger partial charge in [0.15, 0.2) is 4.80 Å². The van der Waals surface area contributed by atoms with Crippen LogP contribution in [0.1, 0.15) is 17.3 Å². The first-order chi connectivity index (χ1) is 11.1. The van der Waals surface area contributed by atoms with Crippen molar-refractivity contribution in [3.8, 4) is 5.75 Å². The number of nitrogens with zero attached hydrogens (tertiary/aromatic N) is 2. The molecule has 118 valence electrons. The molecule has 1 heterocycles. The zero-order chi connectivity index (χ0) is 16.4. The maximum atomic E-state index is 12.5. The third-order valence-electron chi connectivity index (χ3n) is 3.48. The fraction of sp³-hybridized carbons (Fsp3) is 0.176. The molecule has 0 aliphatic heterocycles. The van der Waals surface area contributed by atoms with Crippen LogP contribution in [-0.4, -0.2) is 17.6 Å². The Morgan fingerprint density at radius 1 is 1.30 bits per heavy atom. The molecule has 1 amide bonds. The molecule has 0 aliphatic carbocycles. The zero-order valence-corrected chi connectivity index (χ0v) is 15.1. The number of aromatic nitrogens is 1. The number of carbonyl (C=O) groups excluding carboxylic acids is 1. The Morgan fingerprint density at radius 2 is 2.09 bits per heavy atom. The molecular formula is C17H15BrN2O2S. The van der Waals surface area contributed by atoms with Gasteiger partial charge in [0.05, 0.1) is 17.3 Å². The van der Waals surface area contributed by atoms with E-state index in [1.165, 1.54) is 11.3 Å². The third kappa shape index (κ3) is 3.09. The van der Waals surface area contributed by atoms with Gasteiger partial charge in [-0.3, -0.25) is 4.79 Å². The number of hydrogen-bond donors (Lipinski definition) is 0. The summed E-state index contributed by atoms with van der Waals surface area (Å²) in [5.74, 6) is 0.377. The van der Waals surface area contributed by atoms with Gasteiger partial charge in [-0.25, -0.2) is 0 Å². The number of benzene rings is 2. The van der Waals surface area contributed by atoms with Crippen LogP contribution in [0.3, 0.4) is 0 Å². The monoisotopic (exact) mass is 390 g/mol. The summed E-state index contributed by atoms with van der Waals surface area (Å²) in [6.45, 7) is 2.79. The molecule has 0 spiro atoms. The van der Waals surface area contributed by atoms with Gasteiger partial charge in [-0.05, 0) is 53.2 Å². The second-order valence-corrected chi connectivity index (χ2v) is 6.73. The quantitative estimate of drug-likeness (QED) is 0.671. The normalized spacial score (nSPS) is 11.9. The molecule has 4 nitrogen and oxygen atoms in total. The summed E-state index contributed by atoms with van der Waals surface area (Å²) in [5, 5.41) is 0. The van der Waals surface area contributed by atoms with Crippen molar-refractivity contribution in [2.24, 2.45) is 4.99 Å². The van der Waals surface area contributed by atoms with Crippen LogP contribution in [-0.2, 0) is 6.54 Å². The lowest BCUT2D eigenvalue weighted by molar-refractivity contribution is 0.0997. The van der Waals surface area contributed by atoms with Crippen LogP contribution in [0.2, 0.25) is 0 Å². The molecule has 23 heavy (non-hydrogen) atoms. The van der Waals surface area contributed by atoms with E-state index < -0.39 is 0 Å². The van der Waals surface area contributed by atoms with Crippen molar-refractivity contribution in [3.63, 3.8) is 0 Å². The molecule has 0 saturated heterocycles. The van der Waals surface area contributed by atoms with Crippen molar-refractivity contribution in [2.45, 2.75) is 13.5 Å².